The van der Waals surface area contributed by atoms with E-state index in [9.17, 15) is 13.2 Å². The minimum absolute atomic E-state index is 0.0275. The highest BCUT2D eigenvalue weighted by Gasteiger charge is 2.34. The predicted octanol–water partition coefficient (Wildman–Crippen LogP) is 7.72. The van der Waals surface area contributed by atoms with Crippen LogP contribution >= 0.6 is 11.8 Å². The highest BCUT2D eigenvalue weighted by Crippen LogP contribution is 2.43. The Morgan fingerprint density at radius 2 is 1.69 bits per heavy atom. The van der Waals surface area contributed by atoms with E-state index in [4.69, 9.17) is 4.74 Å². The third-order valence-electron chi connectivity index (χ3n) is 4.70. The molecule has 0 amide bonds. The Morgan fingerprint density at radius 1 is 0.844 bits per heavy atom. The van der Waals surface area contributed by atoms with Gasteiger partial charge < -0.3 is 4.74 Å². The molecule has 0 unspecified atom stereocenters. The van der Waals surface area contributed by atoms with Crippen molar-refractivity contribution in [3.05, 3.63) is 95.9 Å². The molecule has 0 aliphatic carbocycles. The van der Waals surface area contributed by atoms with E-state index in [0.29, 0.717) is 16.3 Å². The van der Waals surface area contributed by atoms with Crippen molar-refractivity contribution in [1.29, 1.82) is 0 Å². The van der Waals surface area contributed by atoms with Crippen molar-refractivity contribution in [1.82, 2.24) is 9.97 Å². The van der Waals surface area contributed by atoms with E-state index in [1.54, 1.807) is 24.5 Å². The Morgan fingerprint density at radius 3 is 2.41 bits per heavy atom. The minimum Gasteiger partial charge on any atom is -0.439 e. The molecule has 0 radical (unpaired) electrons. The number of aromatic nitrogens is 2. The van der Waals surface area contributed by atoms with E-state index in [2.05, 4.69) is 9.97 Å². The van der Waals surface area contributed by atoms with E-state index in [0.717, 1.165) is 22.1 Å². The van der Waals surface area contributed by atoms with Crippen molar-refractivity contribution in [3.8, 4) is 22.8 Å². The average Bonchev–Trinajstić information content (AvgIpc) is 2.75. The number of rotatable bonds is 5. The van der Waals surface area contributed by atoms with Crippen LogP contribution in [0.4, 0.5) is 13.2 Å². The summed E-state index contributed by atoms with van der Waals surface area (Å²) in [6.07, 6.45) is 0.187. The van der Waals surface area contributed by atoms with Crippen LogP contribution < -0.4 is 4.74 Å². The molecular weight excluding hydrogens is 433 g/mol. The van der Waals surface area contributed by atoms with Gasteiger partial charge in [-0.05, 0) is 66.9 Å². The first-order chi connectivity index (χ1) is 15.3. The average molecular weight is 453 g/mol. The lowest BCUT2D eigenvalue weighted by Gasteiger charge is -2.17. The predicted molar refractivity (Wildman–Crippen MR) is 119 cm³/mol. The van der Waals surface area contributed by atoms with Crippen LogP contribution in [-0.4, -0.2) is 9.97 Å². The van der Waals surface area contributed by atoms with Crippen molar-refractivity contribution in [2.45, 2.75) is 29.8 Å². The second-order valence-corrected chi connectivity index (χ2v) is 8.39. The molecule has 32 heavy (non-hydrogen) atoms. The molecule has 0 bridgehead atoms. The summed E-state index contributed by atoms with van der Waals surface area (Å²) >= 11 is 1.37. The molecular formula is C25H19F3N2OS. The first-order valence-corrected chi connectivity index (χ1v) is 10.6. The third kappa shape index (κ3) is 5.11. The number of aryl methyl sites for hydroxylation is 2. The molecule has 0 N–H and O–H groups in total. The summed E-state index contributed by atoms with van der Waals surface area (Å²) in [4.78, 5) is 9.85. The molecule has 0 atom stereocenters. The Balaban J connectivity index is 1.78. The van der Waals surface area contributed by atoms with Crippen LogP contribution in [0.5, 0.6) is 11.6 Å². The van der Waals surface area contributed by atoms with Gasteiger partial charge >= 0.3 is 6.18 Å². The molecule has 0 saturated carbocycles. The van der Waals surface area contributed by atoms with Gasteiger partial charge in [-0.15, -0.1) is 0 Å². The fraction of sp³-hybridized carbons (Fsp3) is 0.120. The lowest BCUT2D eigenvalue weighted by molar-refractivity contribution is -0.137. The first kappa shape index (κ1) is 21.9. The fourth-order valence-corrected chi connectivity index (χ4v) is 4.23. The summed E-state index contributed by atoms with van der Waals surface area (Å²) in [5.74, 6) is 0.582. The van der Waals surface area contributed by atoms with Crippen molar-refractivity contribution in [2.24, 2.45) is 0 Å². The van der Waals surface area contributed by atoms with Crippen LogP contribution in [0.2, 0.25) is 0 Å². The number of nitrogens with zero attached hydrogens (tertiary/aromatic N) is 2. The molecule has 2 aromatic heterocycles. The normalized spacial score (nSPS) is 11.4. The summed E-state index contributed by atoms with van der Waals surface area (Å²) in [6.45, 7) is 3.86. The largest absolute Gasteiger partial charge is 0.439 e. The van der Waals surface area contributed by atoms with E-state index >= 15 is 0 Å². The number of halogens is 3. The zero-order chi connectivity index (χ0) is 22.7. The van der Waals surface area contributed by atoms with Gasteiger partial charge in [0.05, 0.1) is 5.56 Å². The molecule has 0 saturated heterocycles. The molecule has 2 aromatic carbocycles. The van der Waals surface area contributed by atoms with Gasteiger partial charge in [0.15, 0.2) is 0 Å². The monoisotopic (exact) mass is 452 g/mol. The molecule has 4 aromatic rings. The van der Waals surface area contributed by atoms with E-state index in [-0.39, 0.29) is 11.3 Å². The Hall–Kier alpha value is -3.32. The van der Waals surface area contributed by atoms with Gasteiger partial charge in [0.2, 0.25) is 5.88 Å². The van der Waals surface area contributed by atoms with Crippen LogP contribution in [0, 0.1) is 13.8 Å². The van der Waals surface area contributed by atoms with Gasteiger partial charge in [0.1, 0.15) is 5.75 Å². The van der Waals surface area contributed by atoms with Crippen LogP contribution in [-0.2, 0) is 6.18 Å². The lowest BCUT2D eigenvalue weighted by atomic mass is 9.99. The molecule has 2 heterocycles. The summed E-state index contributed by atoms with van der Waals surface area (Å²) in [5, 5.41) is 0. The van der Waals surface area contributed by atoms with Crippen molar-refractivity contribution in [2.75, 3.05) is 0 Å². The summed E-state index contributed by atoms with van der Waals surface area (Å²) in [5.41, 5.74) is 1.75. The fourth-order valence-electron chi connectivity index (χ4n) is 3.18. The van der Waals surface area contributed by atoms with Gasteiger partial charge in [-0.25, -0.2) is 4.98 Å². The smallest absolute Gasteiger partial charge is 0.417 e. The summed E-state index contributed by atoms with van der Waals surface area (Å²) in [6, 6.07) is 16.6. The highest BCUT2D eigenvalue weighted by atomic mass is 32.2. The molecule has 0 aliphatic heterocycles. The zero-order valence-electron chi connectivity index (χ0n) is 17.4. The Bertz CT molecular complexity index is 1240. The minimum atomic E-state index is -4.52. The van der Waals surface area contributed by atoms with Crippen molar-refractivity contribution in [3.63, 3.8) is 0 Å². The van der Waals surface area contributed by atoms with Gasteiger partial charge in [-0.1, -0.05) is 35.5 Å². The topological polar surface area (TPSA) is 35.0 Å². The number of ether oxygens (including phenoxy) is 1. The summed E-state index contributed by atoms with van der Waals surface area (Å²) < 4.78 is 47.4. The van der Waals surface area contributed by atoms with Crippen LogP contribution in [0.15, 0.2) is 89.0 Å². The molecule has 0 aliphatic rings. The summed E-state index contributed by atoms with van der Waals surface area (Å²) in [7, 11) is 0. The second-order valence-electron chi connectivity index (χ2n) is 7.27. The van der Waals surface area contributed by atoms with Gasteiger partial charge in [0.25, 0.3) is 0 Å². The molecule has 3 nitrogen and oxygen atoms in total. The quantitative estimate of drug-likeness (QED) is 0.310. The zero-order valence-corrected chi connectivity index (χ0v) is 18.2. The number of pyridine rings is 2. The maximum atomic E-state index is 13.9. The van der Waals surface area contributed by atoms with E-state index in [1.165, 1.54) is 30.1 Å². The molecule has 162 valence electrons. The van der Waals surface area contributed by atoms with Crippen LogP contribution in [0.25, 0.3) is 11.1 Å². The number of hydrogen-bond acceptors (Lipinski definition) is 4. The lowest BCUT2D eigenvalue weighted by Crippen LogP contribution is -2.07. The van der Waals surface area contributed by atoms with Crippen molar-refractivity contribution < 1.29 is 17.9 Å². The first-order valence-electron chi connectivity index (χ1n) is 9.80. The third-order valence-corrected chi connectivity index (χ3v) is 5.73. The number of benzene rings is 2. The highest BCUT2D eigenvalue weighted by molar-refractivity contribution is 7.99. The molecule has 0 spiro atoms. The van der Waals surface area contributed by atoms with Gasteiger partial charge in [-0.2, -0.15) is 13.2 Å². The van der Waals surface area contributed by atoms with Crippen molar-refractivity contribution >= 4 is 11.8 Å². The Kier molecular flexibility index (Phi) is 6.19. The van der Waals surface area contributed by atoms with Gasteiger partial charge in [-0.3, -0.25) is 4.98 Å². The second kappa shape index (κ2) is 9.04. The molecule has 0 fully saturated rings. The van der Waals surface area contributed by atoms with Crippen LogP contribution in [0.3, 0.4) is 0 Å². The van der Waals surface area contributed by atoms with Gasteiger partial charge in [0, 0.05) is 34.4 Å². The van der Waals surface area contributed by atoms with E-state index < -0.39 is 11.7 Å². The van der Waals surface area contributed by atoms with E-state index in [1.807, 2.05) is 44.2 Å². The maximum absolute atomic E-state index is 13.9. The number of hydrogen-bond donors (Lipinski definition) is 0. The van der Waals surface area contributed by atoms with Crippen LogP contribution in [0.1, 0.15) is 16.7 Å². The Labute approximate surface area is 188 Å². The standard InChI is InChI=1S/C25H19F3N2OS/c1-16-4-3-5-19(12-16)32-23-15-29-11-10-20(23)21-13-18(7-8-22(21)25(26,27)28)31-24-9-6-17(2)14-30-24/h3-15H,1-2H3. The molecule has 7 heteroatoms. The maximum Gasteiger partial charge on any atom is 0.417 e. The number of alkyl halides is 3. The SMILES string of the molecule is Cc1ccc(Oc2ccc(C(F)(F)F)c(-c3ccncc3Sc3cccc(C)c3)c2)nc1. The molecule has 4 rings (SSSR count).